The lowest BCUT2D eigenvalue weighted by atomic mass is 9.75. The van der Waals surface area contributed by atoms with Crippen molar-refractivity contribution in [2.45, 2.75) is 50.9 Å². The first-order valence-corrected chi connectivity index (χ1v) is 7.30. The fourth-order valence-electron chi connectivity index (χ4n) is 3.02. The van der Waals surface area contributed by atoms with Crippen LogP contribution < -0.4 is 0 Å². The summed E-state index contributed by atoms with van der Waals surface area (Å²) in [5, 5.41) is 9.70. The van der Waals surface area contributed by atoms with Crippen LogP contribution >= 0.6 is 15.9 Å². The summed E-state index contributed by atoms with van der Waals surface area (Å²) in [5.74, 6) is -0.315. The van der Waals surface area contributed by atoms with E-state index in [1.807, 2.05) is 12.1 Å². The van der Waals surface area contributed by atoms with Crippen LogP contribution in [0.3, 0.4) is 0 Å². The Labute approximate surface area is 117 Å². The van der Waals surface area contributed by atoms with Gasteiger partial charge in [-0.15, -0.1) is 0 Å². The maximum absolute atomic E-state index is 11.8. The number of halogens is 1. The van der Waals surface area contributed by atoms with Crippen LogP contribution in [0.15, 0.2) is 22.7 Å². The van der Waals surface area contributed by atoms with Crippen LogP contribution in [-0.2, 0) is 10.2 Å². The molecule has 18 heavy (non-hydrogen) atoms. The molecule has 1 fully saturated rings. The number of benzene rings is 1. The molecule has 0 spiro atoms. The van der Waals surface area contributed by atoms with E-state index in [1.54, 1.807) is 0 Å². The van der Waals surface area contributed by atoms with Crippen molar-refractivity contribution in [3.8, 4) is 0 Å². The fourth-order valence-corrected chi connectivity index (χ4v) is 3.38. The van der Waals surface area contributed by atoms with Gasteiger partial charge in [0.2, 0.25) is 0 Å². The van der Waals surface area contributed by atoms with Crippen molar-refractivity contribution in [2.24, 2.45) is 0 Å². The Balaban J connectivity index is 2.60. The second-order valence-corrected chi connectivity index (χ2v) is 6.40. The molecule has 1 saturated carbocycles. The molecule has 3 heteroatoms. The van der Waals surface area contributed by atoms with Crippen LogP contribution in [0.4, 0.5) is 0 Å². The SMILES string of the molecule is CC(C)c1ccc(Br)cc1C1(C(=O)O)CCCC1. The molecule has 0 atom stereocenters. The number of aliphatic carboxylic acids is 1. The van der Waals surface area contributed by atoms with Gasteiger partial charge in [0, 0.05) is 4.47 Å². The molecule has 2 nitrogen and oxygen atoms in total. The molecule has 0 saturated heterocycles. The molecule has 0 unspecified atom stereocenters. The average Bonchev–Trinajstić information content (AvgIpc) is 2.78. The van der Waals surface area contributed by atoms with Gasteiger partial charge >= 0.3 is 5.97 Å². The molecule has 1 aliphatic carbocycles. The minimum absolute atomic E-state index is 0.352. The topological polar surface area (TPSA) is 37.3 Å². The quantitative estimate of drug-likeness (QED) is 0.894. The number of hydrogen-bond acceptors (Lipinski definition) is 1. The highest BCUT2D eigenvalue weighted by Crippen LogP contribution is 2.44. The molecule has 1 N–H and O–H groups in total. The zero-order valence-corrected chi connectivity index (χ0v) is 12.5. The number of hydrogen-bond donors (Lipinski definition) is 1. The third-order valence-corrected chi connectivity index (χ3v) is 4.51. The number of rotatable bonds is 3. The zero-order valence-electron chi connectivity index (χ0n) is 10.9. The van der Waals surface area contributed by atoms with Gasteiger partial charge in [0.25, 0.3) is 0 Å². The van der Waals surface area contributed by atoms with Crippen LogP contribution in [0.1, 0.15) is 56.6 Å². The Hall–Kier alpha value is -0.830. The predicted molar refractivity (Wildman–Crippen MR) is 76.0 cm³/mol. The lowest BCUT2D eigenvalue weighted by molar-refractivity contribution is -0.143. The summed E-state index contributed by atoms with van der Waals surface area (Å²) < 4.78 is 0.967. The summed E-state index contributed by atoms with van der Waals surface area (Å²) >= 11 is 3.47. The molecule has 0 amide bonds. The van der Waals surface area contributed by atoms with E-state index >= 15 is 0 Å². The second-order valence-electron chi connectivity index (χ2n) is 5.48. The van der Waals surface area contributed by atoms with E-state index in [2.05, 4.69) is 35.8 Å². The molecular weight excluding hydrogens is 292 g/mol. The van der Waals surface area contributed by atoms with E-state index < -0.39 is 11.4 Å². The van der Waals surface area contributed by atoms with Gasteiger partial charge in [-0.3, -0.25) is 4.79 Å². The van der Waals surface area contributed by atoms with E-state index in [0.29, 0.717) is 5.92 Å². The monoisotopic (exact) mass is 310 g/mol. The molecule has 0 heterocycles. The van der Waals surface area contributed by atoms with Gasteiger partial charge in [0.15, 0.2) is 0 Å². The average molecular weight is 311 g/mol. The summed E-state index contributed by atoms with van der Waals surface area (Å²) in [4.78, 5) is 11.8. The van der Waals surface area contributed by atoms with E-state index in [0.717, 1.165) is 35.7 Å². The van der Waals surface area contributed by atoms with Gasteiger partial charge in [0.05, 0.1) is 5.41 Å². The van der Waals surface area contributed by atoms with Crippen molar-refractivity contribution in [3.63, 3.8) is 0 Å². The Bertz CT molecular complexity index is 460. The third-order valence-electron chi connectivity index (χ3n) is 4.02. The number of carboxylic acids is 1. The van der Waals surface area contributed by atoms with Gasteiger partial charge in [-0.25, -0.2) is 0 Å². The minimum atomic E-state index is -0.667. The van der Waals surface area contributed by atoms with Crippen molar-refractivity contribution < 1.29 is 9.90 Å². The molecule has 1 aromatic rings. The van der Waals surface area contributed by atoms with Gasteiger partial charge in [-0.05, 0) is 42.0 Å². The molecule has 0 bridgehead atoms. The molecule has 2 rings (SSSR count). The number of carboxylic acid groups (broad SMARTS) is 1. The maximum atomic E-state index is 11.8. The van der Waals surface area contributed by atoms with E-state index in [-0.39, 0.29) is 0 Å². The van der Waals surface area contributed by atoms with Gasteiger partial charge in [-0.2, -0.15) is 0 Å². The normalized spacial score (nSPS) is 18.2. The largest absolute Gasteiger partial charge is 0.481 e. The van der Waals surface area contributed by atoms with Crippen LogP contribution in [0.2, 0.25) is 0 Å². The lowest BCUT2D eigenvalue weighted by Crippen LogP contribution is -2.34. The lowest BCUT2D eigenvalue weighted by Gasteiger charge is -2.28. The summed E-state index contributed by atoms with van der Waals surface area (Å²) in [6.07, 6.45) is 3.55. The number of carbonyl (C=O) groups is 1. The summed E-state index contributed by atoms with van der Waals surface area (Å²) in [6.45, 7) is 4.24. The van der Waals surface area contributed by atoms with Crippen molar-refractivity contribution in [2.75, 3.05) is 0 Å². The molecule has 98 valence electrons. The highest BCUT2D eigenvalue weighted by atomic mass is 79.9. The molecular formula is C15H19BrO2. The van der Waals surface area contributed by atoms with Gasteiger partial charge < -0.3 is 5.11 Å². The first-order valence-electron chi connectivity index (χ1n) is 6.51. The van der Waals surface area contributed by atoms with Crippen molar-refractivity contribution >= 4 is 21.9 Å². The predicted octanol–water partition coefficient (Wildman–Crippen LogP) is 4.47. The minimum Gasteiger partial charge on any atom is -0.481 e. The summed E-state index contributed by atoms with van der Waals surface area (Å²) in [5.41, 5.74) is 1.52. The highest BCUT2D eigenvalue weighted by Gasteiger charge is 2.44. The second kappa shape index (κ2) is 5.04. The Morgan fingerprint density at radius 3 is 2.44 bits per heavy atom. The van der Waals surface area contributed by atoms with Crippen molar-refractivity contribution in [3.05, 3.63) is 33.8 Å². The van der Waals surface area contributed by atoms with Gasteiger partial charge in [-0.1, -0.05) is 48.7 Å². The smallest absolute Gasteiger partial charge is 0.314 e. The van der Waals surface area contributed by atoms with Crippen LogP contribution in [0.25, 0.3) is 0 Å². The summed E-state index contributed by atoms with van der Waals surface area (Å²) in [6, 6.07) is 6.07. The molecule has 1 aliphatic rings. The van der Waals surface area contributed by atoms with Crippen molar-refractivity contribution in [1.29, 1.82) is 0 Å². The Kier molecular flexibility index (Phi) is 3.81. The van der Waals surface area contributed by atoms with E-state index in [9.17, 15) is 9.90 Å². The first-order chi connectivity index (χ1) is 8.47. The standard InChI is InChI=1S/C15H19BrO2/c1-10(2)12-6-5-11(16)9-13(12)15(14(17)18)7-3-4-8-15/h5-6,9-10H,3-4,7-8H2,1-2H3,(H,17,18). The fraction of sp³-hybridized carbons (Fsp3) is 0.533. The maximum Gasteiger partial charge on any atom is 0.314 e. The molecule has 0 radical (unpaired) electrons. The van der Waals surface area contributed by atoms with Crippen LogP contribution in [0.5, 0.6) is 0 Å². The third kappa shape index (κ3) is 2.20. The van der Waals surface area contributed by atoms with E-state index in [4.69, 9.17) is 0 Å². The van der Waals surface area contributed by atoms with Crippen molar-refractivity contribution in [1.82, 2.24) is 0 Å². The molecule has 0 aromatic heterocycles. The van der Waals surface area contributed by atoms with Crippen LogP contribution in [-0.4, -0.2) is 11.1 Å². The Morgan fingerprint density at radius 2 is 1.94 bits per heavy atom. The van der Waals surface area contributed by atoms with Gasteiger partial charge in [0.1, 0.15) is 0 Å². The molecule has 0 aliphatic heterocycles. The highest BCUT2D eigenvalue weighted by molar-refractivity contribution is 9.10. The Morgan fingerprint density at radius 1 is 1.33 bits per heavy atom. The molecule has 1 aromatic carbocycles. The first kappa shape index (κ1) is 13.6. The zero-order chi connectivity index (χ0) is 13.3. The van der Waals surface area contributed by atoms with Crippen LogP contribution in [0, 0.1) is 0 Å². The van der Waals surface area contributed by atoms with E-state index in [1.165, 1.54) is 5.56 Å². The summed E-state index contributed by atoms with van der Waals surface area (Å²) in [7, 11) is 0.